The van der Waals surface area contributed by atoms with Crippen molar-refractivity contribution >= 4 is 15.7 Å². The molecule has 0 aliphatic carbocycles. The summed E-state index contributed by atoms with van der Waals surface area (Å²) in [4.78, 5) is 2.58. The third-order valence-electron chi connectivity index (χ3n) is 4.84. The van der Waals surface area contributed by atoms with Crippen LogP contribution in [0.3, 0.4) is 0 Å². The second-order valence-corrected chi connectivity index (χ2v) is 8.39. The number of nitrogens with zero attached hydrogens (tertiary/aromatic N) is 2. The minimum Gasteiger partial charge on any atom is -0.486 e. The van der Waals surface area contributed by atoms with Gasteiger partial charge in [0.25, 0.3) is 0 Å². The summed E-state index contributed by atoms with van der Waals surface area (Å²) in [7, 11) is -3.45. The molecule has 2 aliphatic rings. The van der Waals surface area contributed by atoms with Gasteiger partial charge >= 0.3 is 0 Å². The van der Waals surface area contributed by atoms with Gasteiger partial charge in [-0.3, -0.25) is 0 Å². The summed E-state index contributed by atoms with van der Waals surface area (Å²) in [6.07, 6.45) is 0. The zero-order valence-electron chi connectivity index (χ0n) is 14.7. The number of aryl methyl sites for hydroxylation is 1. The Balaban J connectivity index is 1.48. The molecule has 6 nitrogen and oxygen atoms in total. The Kier molecular flexibility index (Phi) is 4.50. The third kappa shape index (κ3) is 3.12. The number of piperazine rings is 1. The molecule has 0 radical (unpaired) electrons. The van der Waals surface area contributed by atoms with Crippen molar-refractivity contribution < 1.29 is 17.9 Å². The molecule has 2 aromatic carbocycles. The Bertz CT molecular complexity index is 906. The highest BCUT2D eigenvalue weighted by atomic mass is 32.2. The van der Waals surface area contributed by atoms with Gasteiger partial charge in [0.1, 0.15) is 13.2 Å². The van der Waals surface area contributed by atoms with Crippen molar-refractivity contribution in [2.24, 2.45) is 0 Å². The van der Waals surface area contributed by atoms with Crippen molar-refractivity contribution in [3.05, 3.63) is 48.0 Å². The van der Waals surface area contributed by atoms with Gasteiger partial charge in [-0.15, -0.1) is 0 Å². The van der Waals surface area contributed by atoms with E-state index in [-0.39, 0.29) is 0 Å². The summed E-state index contributed by atoms with van der Waals surface area (Å²) in [6.45, 7) is 5.17. The van der Waals surface area contributed by atoms with Gasteiger partial charge in [-0.25, -0.2) is 8.42 Å². The normalized spacial score (nSPS) is 18.0. The van der Waals surface area contributed by atoms with E-state index in [4.69, 9.17) is 9.47 Å². The minimum atomic E-state index is -3.45. The SMILES string of the molecule is Cc1ccccc1S(=O)(=O)N1CCN(c2ccc3c(c2)OCCO3)CC1. The summed E-state index contributed by atoms with van der Waals surface area (Å²) < 4.78 is 38.6. The van der Waals surface area contributed by atoms with Crippen LogP contribution in [-0.2, 0) is 10.0 Å². The molecule has 0 spiro atoms. The molecule has 0 bridgehead atoms. The fourth-order valence-corrected chi connectivity index (χ4v) is 5.05. The largest absolute Gasteiger partial charge is 0.486 e. The van der Waals surface area contributed by atoms with E-state index in [9.17, 15) is 8.42 Å². The van der Waals surface area contributed by atoms with Crippen LogP contribution in [0.4, 0.5) is 5.69 Å². The molecule has 0 aromatic heterocycles. The monoisotopic (exact) mass is 374 g/mol. The van der Waals surface area contributed by atoms with Crippen LogP contribution < -0.4 is 14.4 Å². The van der Waals surface area contributed by atoms with E-state index in [0.29, 0.717) is 44.3 Å². The first-order chi connectivity index (χ1) is 12.6. The second kappa shape index (κ2) is 6.81. The predicted molar refractivity (Wildman–Crippen MR) is 99.6 cm³/mol. The zero-order chi connectivity index (χ0) is 18.1. The van der Waals surface area contributed by atoms with E-state index in [1.54, 1.807) is 16.4 Å². The lowest BCUT2D eigenvalue weighted by Gasteiger charge is -2.36. The first-order valence-corrected chi connectivity index (χ1v) is 10.2. The lowest BCUT2D eigenvalue weighted by molar-refractivity contribution is 0.171. The van der Waals surface area contributed by atoms with Gasteiger partial charge in [-0.05, 0) is 30.7 Å². The Labute approximate surface area is 154 Å². The molecule has 7 heteroatoms. The smallest absolute Gasteiger partial charge is 0.243 e. The summed E-state index contributed by atoms with van der Waals surface area (Å²) in [5.74, 6) is 1.52. The van der Waals surface area contributed by atoms with Crippen molar-refractivity contribution in [1.29, 1.82) is 0 Å². The molecule has 26 heavy (non-hydrogen) atoms. The van der Waals surface area contributed by atoms with Crippen molar-refractivity contribution in [1.82, 2.24) is 4.31 Å². The van der Waals surface area contributed by atoms with E-state index in [1.165, 1.54) is 0 Å². The molecule has 2 aliphatic heterocycles. The van der Waals surface area contributed by atoms with Crippen LogP contribution in [0.15, 0.2) is 47.4 Å². The maximum absolute atomic E-state index is 12.9. The van der Waals surface area contributed by atoms with Crippen LogP contribution >= 0.6 is 0 Å². The third-order valence-corrected chi connectivity index (χ3v) is 6.90. The van der Waals surface area contributed by atoms with Crippen molar-refractivity contribution in [2.75, 3.05) is 44.3 Å². The van der Waals surface area contributed by atoms with Crippen molar-refractivity contribution in [3.63, 3.8) is 0 Å². The molecule has 0 N–H and O–H groups in total. The lowest BCUT2D eigenvalue weighted by atomic mass is 10.2. The second-order valence-electron chi connectivity index (χ2n) is 6.48. The van der Waals surface area contributed by atoms with Gasteiger partial charge in [0.15, 0.2) is 11.5 Å². The summed E-state index contributed by atoms with van der Waals surface area (Å²) in [5.41, 5.74) is 1.81. The molecule has 1 fully saturated rings. The van der Waals surface area contributed by atoms with Gasteiger partial charge < -0.3 is 14.4 Å². The average molecular weight is 374 g/mol. The molecule has 2 heterocycles. The van der Waals surface area contributed by atoms with E-state index in [0.717, 1.165) is 22.7 Å². The van der Waals surface area contributed by atoms with Crippen molar-refractivity contribution in [3.8, 4) is 11.5 Å². The topological polar surface area (TPSA) is 59.1 Å². The standard InChI is InChI=1S/C19H22N2O4S/c1-15-4-2-3-5-19(15)26(22,23)21-10-8-20(9-11-21)16-6-7-17-18(14-16)25-13-12-24-17/h2-7,14H,8-13H2,1H3. The predicted octanol–water partition coefficient (Wildman–Crippen LogP) is 2.28. The van der Waals surface area contributed by atoms with E-state index in [1.807, 2.05) is 37.3 Å². The van der Waals surface area contributed by atoms with Crippen LogP contribution in [0.25, 0.3) is 0 Å². The highest BCUT2D eigenvalue weighted by Crippen LogP contribution is 2.34. The number of anilines is 1. The van der Waals surface area contributed by atoms with E-state index < -0.39 is 10.0 Å². The highest BCUT2D eigenvalue weighted by molar-refractivity contribution is 7.89. The number of hydrogen-bond donors (Lipinski definition) is 0. The molecule has 2 aromatic rings. The minimum absolute atomic E-state index is 0.396. The van der Waals surface area contributed by atoms with Crippen LogP contribution in [0, 0.1) is 6.92 Å². The Morgan fingerprint density at radius 2 is 1.58 bits per heavy atom. The van der Waals surface area contributed by atoms with Gasteiger partial charge in [0.2, 0.25) is 10.0 Å². The van der Waals surface area contributed by atoms with Crippen LogP contribution in [0.5, 0.6) is 11.5 Å². The number of ether oxygens (including phenoxy) is 2. The molecule has 138 valence electrons. The molecule has 1 saturated heterocycles. The quantitative estimate of drug-likeness (QED) is 0.825. The van der Waals surface area contributed by atoms with E-state index in [2.05, 4.69) is 4.90 Å². The Morgan fingerprint density at radius 1 is 0.885 bits per heavy atom. The number of sulfonamides is 1. The summed E-state index contributed by atoms with van der Waals surface area (Å²) in [5, 5.41) is 0. The van der Waals surface area contributed by atoms with Gasteiger partial charge in [-0.1, -0.05) is 18.2 Å². The highest BCUT2D eigenvalue weighted by Gasteiger charge is 2.29. The summed E-state index contributed by atoms with van der Waals surface area (Å²) in [6, 6.07) is 13.0. The lowest BCUT2D eigenvalue weighted by Crippen LogP contribution is -2.48. The van der Waals surface area contributed by atoms with Crippen LogP contribution in [0.1, 0.15) is 5.56 Å². The Morgan fingerprint density at radius 3 is 2.31 bits per heavy atom. The van der Waals surface area contributed by atoms with Gasteiger partial charge in [0, 0.05) is 37.9 Å². The maximum Gasteiger partial charge on any atom is 0.243 e. The molecule has 0 unspecified atom stereocenters. The first-order valence-electron chi connectivity index (χ1n) is 8.76. The Hall–Kier alpha value is -2.25. The fraction of sp³-hybridized carbons (Fsp3) is 0.368. The molecular weight excluding hydrogens is 352 g/mol. The van der Waals surface area contributed by atoms with Gasteiger partial charge in [0.05, 0.1) is 4.90 Å². The van der Waals surface area contributed by atoms with Crippen LogP contribution in [0.2, 0.25) is 0 Å². The molecule has 4 rings (SSSR count). The molecule has 0 atom stereocenters. The van der Waals surface area contributed by atoms with Crippen molar-refractivity contribution in [2.45, 2.75) is 11.8 Å². The number of hydrogen-bond acceptors (Lipinski definition) is 5. The zero-order valence-corrected chi connectivity index (χ0v) is 15.5. The maximum atomic E-state index is 12.9. The molecular formula is C19H22N2O4S. The molecule has 0 saturated carbocycles. The number of benzene rings is 2. The number of rotatable bonds is 3. The van der Waals surface area contributed by atoms with Crippen LogP contribution in [-0.4, -0.2) is 52.1 Å². The average Bonchev–Trinajstić information content (AvgIpc) is 2.68. The summed E-state index contributed by atoms with van der Waals surface area (Å²) >= 11 is 0. The van der Waals surface area contributed by atoms with E-state index >= 15 is 0 Å². The molecule has 0 amide bonds. The number of fused-ring (bicyclic) bond motifs is 1. The fourth-order valence-electron chi connectivity index (χ4n) is 3.40. The van der Waals surface area contributed by atoms with Gasteiger partial charge in [-0.2, -0.15) is 4.31 Å². The first kappa shape index (κ1) is 17.2.